The number of hydrogen-bond donors (Lipinski definition) is 0. The molecule has 0 atom stereocenters. The van der Waals surface area contributed by atoms with Crippen molar-refractivity contribution in [1.82, 2.24) is 14.2 Å². The summed E-state index contributed by atoms with van der Waals surface area (Å²) in [5.41, 5.74) is 1.59. The van der Waals surface area contributed by atoms with Gasteiger partial charge in [0.05, 0.1) is 25.7 Å². The predicted molar refractivity (Wildman–Crippen MR) is 108 cm³/mol. The summed E-state index contributed by atoms with van der Waals surface area (Å²) in [4.78, 5) is 6.83. The van der Waals surface area contributed by atoms with E-state index in [4.69, 9.17) is 13.9 Å². The van der Waals surface area contributed by atoms with Crippen molar-refractivity contribution in [2.75, 3.05) is 40.4 Å². The summed E-state index contributed by atoms with van der Waals surface area (Å²) in [5, 5.41) is 0. The Bertz CT molecular complexity index is 1070. The fourth-order valence-corrected chi connectivity index (χ4v) is 4.87. The van der Waals surface area contributed by atoms with Gasteiger partial charge < -0.3 is 13.9 Å². The Morgan fingerprint density at radius 1 is 1.00 bits per heavy atom. The van der Waals surface area contributed by atoms with E-state index in [1.807, 2.05) is 24.3 Å². The molecule has 1 aliphatic heterocycles. The van der Waals surface area contributed by atoms with Gasteiger partial charge in [-0.1, -0.05) is 12.1 Å². The highest BCUT2D eigenvalue weighted by molar-refractivity contribution is 7.89. The van der Waals surface area contributed by atoms with Crippen molar-refractivity contribution in [2.45, 2.75) is 11.4 Å². The number of piperazine rings is 1. The summed E-state index contributed by atoms with van der Waals surface area (Å²) >= 11 is 0. The zero-order chi connectivity index (χ0) is 20.4. The number of hydrogen-bond acceptors (Lipinski definition) is 7. The number of fused-ring (bicyclic) bond motifs is 1. The Morgan fingerprint density at radius 3 is 2.41 bits per heavy atom. The molecule has 3 aromatic rings. The Hall–Kier alpha value is -2.62. The third kappa shape index (κ3) is 3.93. The minimum absolute atomic E-state index is 0.197. The Balaban J connectivity index is 1.43. The van der Waals surface area contributed by atoms with Crippen LogP contribution in [0.4, 0.5) is 0 Å². The first kappa shape index (κ1) is 19.7. The van der Waals surface area contributed by atoms with Crippen LogP contribution in [0.15, 0.2) is 51.8 Å². The Kier molecular flexibility index (Phi) is 5.44. The average molecular weight is 417 g/mol. The predicted octanol–water partition coefficient (Wildman–Crippen LogP) is 2.35. The van der Waals surface area contributed by atoms with E-state index in [1.165, 1.54) is 24.6 Å². The smallest absolute Gasteiger partial charge is 0.243 e. The molecule has 0 spiro atoms. The summed E-state index contributed by atoms with van der Waals surface area (Å²) in [6, 6.07) is 12.3. The molecule has 154 valence electrons. The molecular formula is C20H23N3O5S. The van der Waals surface area contributed by atoms with Crippen molar-refractivity contribution < 1.29 is 22.3 Å². The number of aromatic nitrogens is 1. The van der Waals surface area contributed by atoms with E-state index in [-0.39, 0.29) is 4.90 Å². The molecule has 0 amide bonds. The molecule has 2 heterocycles. The van der Waals surface area contributed by atoms with Gasteiger partial charge in [-0.15, -0.1) is 0 Å². The van der Waals surface area contributed by atoms with Gasteiger partial charge in [0, 0.05) is 32.2 Å². The zero-order valence-corrected chi connectivity index (χ0v) is 17.2. The molecule has 0 N–H and O–H groups in total. The molecule has 4 rings (SSSR count). The van der Waals surface area contributed by atoms with Crippen LogP contribution in [0.2, 0.25) is 0 Å². The van der Waals surface area contributed by atoms with Crippen LogP contribution in [0, 0.1) is 0 Å². The first-order valence-electron chi connectivity index (χ1n) is 9.30. The van der Waals surface area contributed by atoms with E-state index in [0.717, 1.165) is 11.1 Å². The lowest BCUT2D eigenvalue weighted by Gasteiger charge is -2.33. The van der Waals surface area contributed by atoms with Gasteiger partial charge in [0.1, 0.15) is 5.52 Å². The molecule has 8 nitrogen and oxygen atoms in total. The summed E-state index contributed by atoms with van der Waals surface area (Å²) < 4.78 is 43.7. The first-order chi connectivity index (χ1) is 14.0. The number of rotatable bonds is 6. The number of nitrogens with zero attached hydrogens (tertiary/aromatic N) is 3. The second-order valence-electron chi connectivity index (χ2n) is 6.77. The highest BCUT2D eigenvalue weighted by Crippen LogP contribution is 2.31. The number of sulfonamides is 1. The molecular weight excluding hydrogens is 394 g/mol. The molecule has 1 fully saturated rings. The second-order valence-corrected chi connectivity index (χ2v) is 8.71. The molecule has 0 unspecified atom stereocenters. The normalized spacial score (nSPS) is 16.2. The third-order valence-electron chi connectivity index (χ3n) is 5.02. The first-order valence-corrected chi connectivity index (χ1v) is 10.7. The lowest BCUT2D eigenvalue weighted by Crippen LogP contribution is -2.48. The van der Waals surface area contributed by atoms with Crippen LogP contribution in [0.1, 0.15) is 5.89 Å². The van der Waals surface area contributed by atoms with Crippen LogP contribution >= 0.6 is 0 Å². The summed E-state index contributed by atoms with van der Waals surface area (Å²) in [7, 11) is -0.603. The monoisotopic (exact) mass is 417 g/mol. The van der Waals surface area contributed by atoms with E-state index in [2.05, 4.69) is 9.88 Å². The van der Waals surface area contributed by atoms with Gasteiger partial charge in [-0.3, -0.25) is 4.90 Å². The van der Waals surface area contributed by atoms with E-state index in [9.17, 15) is 8.42 Å². The van der Waals surface area contributed by atoms with Crippen LogP contribution < -0.4 is 9.47 Å². The van der Waals surface area contributed by atoms with Gasteiger partial charge in [-0.25, -0.2) is 13.4 Å². The maximum atomic E-state index is 13.0. The summed E-state index contributed by atoms with van der Waals surface area (Å²) in [6.07, 6.45) is 0. The molecule has 0 radical (unpaired) electrons. The van der Waals surface area contributed by atoms with Gasteiger partial charge in [0.2, 0.25) is 15.9 Å². The molecule has 2 aromatic carbocycles. The SMILES string of the molecule is COc1ccc(S(=O)(=O)N2CCN(Cc3nc4ccccc4o3)CC2)cc1OC. The Labute approximate surface area is 169 Å². The average Bonchev–Trinajstić information content (AvgIpc) is 3.15. The lowest BCUT2D eigenvalue weighted by molar-refractivity contribution is 0.169. The quantitative estimate of drug-likeness (QED) is 0.609. The van der Waals surface area contributed by atoms with E-state index in [1.54, 1.807) is 12.1 Å². The minimum atomic E-state index is -3.60. The number of ether oxygens (including phenoxy) is 2. The number of oxazole rings is 1. The molecule has 1 aromatic heterocycles. The molecule has 9 heteroatoms. The topological polar surface area (TPSA) is 85.1 Å². The van der Waals surface area contributed by atoms with Crippen molar-refractivity contribution in [1.29, 1.82) is 0 Å². The van der Waals surface area contributed by atoms with E-state index < -0.39 is 10.0 Å². The summed E-state index contributed by atoms with van der Waals surface area (Å²) in [6.45, 7) is 2.56. The number of methoxy groups -OCH3 is 2. The van der Waals surface area contributed by atoms with Crippen molar-refractivity contribution in [3.05, 3.63) is 48.4 Å². The molecule has 0 aliphatic carbocycles. The molecule has 1 saturated heterocycles. The molecule has 1 aliphatic rings. The van der Waals surface area contributed by atoms with Gasteiger partial charge in [-0.2, -0.15) is 4.31 Å². The van der Waals surface area contributed by atoms with E-state index >= 15 is 0 Å². The Morgan fingerprint density at radius 2 is 1.72 bits per heavy atom. The van der Waals surface area contributed by atoms with Gasteiger partial charge >= 0.3 is 0 Å². The van der Waals surface area contributed by atoms with E-state index in [0.29, 0.717) is 50.1 Å². The maximum Gasteiger partial charge on any atom is 0.243 e. The highest BCUT2D eigenvalue weighted by atomic mass is 32.2. The maximum absolute atomic E-state index is 13.0. The fraction of sp³-hybridized carbons (Fsp3) is 0.350. The molecule has 0 saturated carbocycles. The van der Waals surface area contributed by atoms with Crippen LogP contribution in [-0.2, 0) is 16.6 Å². The summed E-state index contributed by atoms with van der Waals surface area (Å²) in [5.74, 6) is 1.53. The van der Waals surface area contributed by atoms with Gasteiger partial charge in [-0.05, 0) is 24.3 Å². The second kappa shape index (κ2) is 8.02. The van der Waals surface area contributed by atoms with Crippen molar-refractivity contribution >= 4 is 21.1 Å². The largest absolute Gasteiger partial charge is 0.493 e. The standard InChI is InChI=1S/C20H23N3O5S/c1-26-18-8-7-15(13-19(18)27-2)29(24,25)23-11-9-22(10-12-23)14-20-21-16-5-3-4-6-17(16)28-20/h3-8,13H,9-12,14H2,1-2H3. The van der Waals surface area contributed by atoms with Crippen LogP contribution in [0.3, 0.4) is 0 Å². The van der Waals surface area contributed by atoms with Gasteiger partial charge in [0.25, 0.3) is 0 Å². The van der Waals surface area contributed by atoms with Crippen LogP contribution in [0.5, 0.6) is 11.5 Å². The lowest BCUT2D eigenvalue weighted by atomic mass is 10.3. The van der Waals surface area contributed by atoms with Crippen LogP contribution in [0.25, 0.3) is 11.1 Å². The van der Waals surface area contributed by atoms with Crippen molar-refractivity contribution in [2.24, 2.45) is 0 Å². The fourth-order valence-electron chi connectivity index (χ4n) is 3.43. The minimum Gasteiger partial charge on any atom is -0.493 e. The number of para-hydroxylation sites is 2. The van der Waals surface area contributed by atoms with Crippen LogP contribution in [-0.4, -0.2) is 63.0 Å². The van der Waals surface area contributed by atoms with Crippen molar-refractivity contribution in [3.63, 3.8) is 0 Å². The zero-order valence-electron chi connectivity index (χ0n) is 16.4. The third-order valence-corrected chi connectivity index (χ3v) is 6.92. The molecule has 0 bridgehead atoms. The number of benzene rings is 2. The van der Waals surface area contributed by atoms with Gasteiger partial charge in [0.15, 0.2) is 17.1 Å². The highest BCUT2D eigenvalue weighted by Gasteiger charge is 2.29. The van der Waals surface area contributed by atoms with Crippen molar-refractivity contribution in [3.8, 4) is 11.5 Å². The molecule has 29 heavy (non-hydrogen) atoms.